The van der Waals surface area contributed by atoms with E-state index in [2.05, 4.69) is 17.3 Å². The smallest absolute Gasteiger partial charge is 0.256 e. The van der Waals surface area contributed by atoms with Gasteiger partial charge in [0.25, 0.3) is 5.91 Å². The maximum Gasteiger partial charge on any atom is 0.256 e. The summed E-state index contributed by atoms with van der Waals surface area (Å²) in [4.78, 5) is 20.1. The van der Waals surface area contributed by atoms with Gasteiger partial charge in [0.1, 0.15) is 5.82 Å². The Morgan fingerprint density at radius 2 is 1.62 bits per heavy atom. The van der Waals surface area contributed by atoms with Crippen molar-refractivity contribution in [3.63, 3.8) is 0 Å². The second-order valence-electron chi connectivity index (χ2n) is 7.27. The number of para-hydroxylation sites is 2. The molecular formula is C25H31N3O. The Labute approximate surface area is 174 Å². The van der Waals surface area contributed by atoms with E-state index in [9.17, 15) is 4.79 Å². The van der Waals surface area contributed by atoms with Crippen LogP contribution in [0.15, 0.2) is 60.7 Å². The standard InChI is InChI=1S/C23H25N3O.C2H6/c1-26(18-12-6-3-7-13-18)22-16-20(19-14-8-9-15-21(19)25-22)23(27)24-17-10-4-2-5-11-17;1-2/h2,4-5,8-11,14-16,18H,3,6-7,12-13H2,1H3,(H,24,27);1-2H3. The molecule has 0 unspecified atom stereocenters. The molecule has 1 fully saturated rings. The molecule has 29 heavy (non-hydrogen) atoms. The third kappa shape index (κ3) is 4.94. The van der Waals surface area contributed by atoms with E-state index in [1.165, 1.54) is 32.1 Å². The quantitative estimate of drug-likeness (QED) is 0.571. The third-order valence-electron chi connectivity index (χ3n) is 5.46. The highest BCUT2D eigenvalue weighted by atomic mass is 16.1. The summed E-state index contributed by atoms with van der Waals surface area (Å²) in [6.45, 7) is 4.00. The molecule has 4 heteroatoms. The van der Waals surface area contributed by atoms with E-state index < -0.39 is 0 Å². The van der Waals surface area contributed by atoms with Crippen LogP contribution in [0.25, 0.3) is 10.9 Å². The Kier molecular flexibility index (Phi) is 7.23. The Hall–Kier alpha value is -2.88. The Morgan fingerprint density at radius 1 is 0.966 bits per heavy atom. The van der Waals surface area contributed by atoms with Crippen LogP contribution >= 0.6 is 0 Å². The predicted octanol–water partition coefficient (Wildman–Crippen LogP) is 6.28. The summed E-state index contributed by atoms with van der Waals surface area (Å²) >= 11 is 0. The molecule has 1 aliphatic rings. The largest absolute Gasteiger partial charge is 0.357 e. The van der Waals surface area contributed by atoms with Crippen molar-refractivity contribution >= 4 is 28.3 Å². The number of rotatable bonds is 4. The summed E-state index contributed by atoms with van der Waals surface area (Å²) in [5, 5.41) is 3.89. The lowest BCUT2D eigenvalue weighted by atomic mass is 9.94. The molecular weight excluding hydrogens is 358 g/mol. The predicted molar refractivity (Wildman–Crippen MR) is 123 cm³/mol. The van der Waals surface area contributed by atoms with Crippen LogP contribution in [0.2, 0.25) is 0 Å². The van der Waals surface area contributed by atoms with Crippen molar-refractivity contribution in [2.45, 2.75) is 52.0 Å². The van der Waals surface area contributed by atoms with Gasteiger partial charge in [-0.05, 0) is 37.1 Å². The van der Waals surface area contributed by atoms with Gasteiger partial charge in [-0.15, -0.1) is 0 Å². The molecule has 1 aliphatic carbocycles. The van der Waals surface area contributed by atoms with Crippen molar-refractivity contribution < 1.29 is 4.79 Å². The van der Waals surface area contributed by atoms with Gasteiger partial charge in [-0.2, -0.15) is 0 Å². The molecule has 3 aromatic rings. The van der Waals surface area contributed by atoms with Gasteiger partial charge in [-0.3, -0.25) is 4.79 Å². The first-order chi connectivity index (χ1) is 14.2. The molecule has 4 rings (SSSR count). The van der Waals surface area contributed by atoms with Crippen molar-refractivity contribution in [3.05, 3.63) is 66.2 Å². The number of nitrogens with one attached hydrogen (secondary N) is 1. The van der Waals surface area contributed by atoms with Crippen molar-refractivity contribution in [2.24, 2.45) is 0 Å². The zero-order valence-corrected chi connectivity index (χ0v) is 17.7. The van der Waals surface area contributed by atoms with Crippen LogP contribution in [0.4, 0.5) is 11.5 Å². The monoisotopic (exact) mass is 389 g/mol. The fourth-order valence-corrected chi connectivity index (χ4v) is 3.91. The second-order valence-corrected chi connectivity index (χ2v) is 7.27. The minimum atomic E-state index is -0.0990. The number of hydrogen-bond donors (Lipinski definition) is 1. The second kappa shape index (κ2) is 10.1. The van der Waals surface area contributed by atoms with Crippen LogP contribution in [0, 0.1) is 0 Å². The number of anilines is 2. The van der Waals surface area contributed by atoms with Crippen LogP contribution in [-0.2, 0) is 0 Å². The molecule has 4 nitrogen and oxygen atoms in total. The van der Waals surface area contributed by atoms with E-state index in [4.69, 9.17) is 4.98 Å². The molecule has 0 aliphatic heterocycles. The van der Waals surface area contributed by atoms with Crippen molar-refractivity contribution in [1.29, 1.82) is 0 Å². The first kappa shape index (κ1) is 20.8. The van der Waals surface area contributed by atoms with Gasteiger partial charge in [0.2, 0.25) is 0 Å². The lowest BCUT2D eigenvalue weighted by molar-refractivity contribution is 0.102. The first-order valence-corrected chi connectivity index (χ1v) is 10.7. The summed E-state index contributed by atoms with van der Waals surface area (Å²) in [6, 6.07) is 19.9. The molecule has 0 atom stereocenters. The molecule has 0 radical (unpaired) electrons. The zero-order chi connectivity index (χ0) is 20.6. The first-order valence-electron chi connectivity index (χ1n) is 10.7. The van der Waals surface area contributed by atoms with Gasteiger partial charge in [0, 0.05) is 24.2 Å². The molecule has 1 amide bonds. The lowest BCUT2D eigenvalue weighted by Gasteiger charge is -2.32. The van der Waals surface area contributed by atoms with Crippen LogP contribution < -0.4 is 10.2 Å². The van der Waals surface area contributed by atoms with Crippen molar-refractivity contribution in [2.75, 3.05) is 17.3 Å². The van der Waals surface area contributed by atoms with E-state index in [1.807, 2.05) is 74.5 Å². The van der Waals surface area contributed by atoms with Gasteiger partial charge in [0.15, 0.2) is 0 Å². The van der Waals surface area contributed by atoms with Crippen molar-refractivity contribution in [1.82, 2.24) is 4.98 Å². The van der Waals surface area contributed by atoms with Gasteiger partial charge >= 0.3 is 0 Å². The number of nitrogens with zero attached hydrogens (tertiary/aromatic N) is 2. The van der Waals surface area contributed by atoms with Crippen LogP contribution in [-0.4, -0.2) is 24.0 Å². The van der Waals surface area contributed by atoms with Crippen LogP contribution in [0.5, 0.6) is 0 Å². The fraction of sp³-hybridized carbons (Fsp3) is 0.360. The molecule has 0 spiro atoms. The van der Waals surface area contributed by atoms with E-state index >= 15 is 0 Å². The number of amides is 1. The van der Waals surface area contributed by atoms with Gasteiger partial charge < -0.3 is 10.2 Å². The number of carbonyl (C=O) groups excluding carboxylic acids is 1. The highest BCUT2D eigenvalue weighted by molar-refractivity contribution is 6.13. The number of aromatic nitrogens is 1. The number of pyridine rings is 1. The van der Waals surface area contributed by atoms with E-state index in [1.54, 1.807) is 0 Å². The Balaban J connectivity index is 0.00000117. The average molecular weight is 390 g/mol. The summed E-state index contributed by atoms with van der Waals surface area (Å²) in [5.41, 5.74) is 2.32. The van der Waals surface area contributed by atoms with Crippen LogP contribution in [0.1, 0.15) is 56.3 Å². The third-order valence-corrected chi connectivity index (χ3v) is 5.46. The lowest BCUT2D eigenvalue weighted by Crippen LogP contribution is -2.34. The molecule has 1 aromatic heterocycles. The molecule has 0 saturated heterocycles. The molecule has 0 bridgehead atoms. The molecule has 1 saturated carbocycles. The highest BCUT2D eigenvalue weighted by Gasteiger charge is 2.21. The minimum Gasteiger partial charge on any atom is -0.357 e. The zero-order valence-electron chi connectivity index (χ0n) is 17.7. The molecule has 1 N–H and O–H groups in total. The van der Waals surface area contributed by atoms with E-state index in [-0.39, 0.29) is 5.91 Å². The minimum absolute atomic E-state index is 0.0990. The average Bonchev–Trinajstić information content (AvgIpc) is 2.80. The number of hydrogen-bond acceptors (Lipinski definition) is 3. The van der Waals surface area contributed by atoms with E-state index in [0.29, 0.717) is 11.6 Å². The fourth-order valence-electron chi connectivity index (χ4n) is 3.91. The topological polar surface area (TPSA) is 45.2 Å². The summed E-state index contributed by atoms with van der Waals surface area (Å²) in [7, 11) is 2.10. The molecule has 2 aromatic carbocycles. The highest BCUT2D eigenvalue weighted by Crippen LogP contribution is 2.28. The Bertz CT molecular complexity index is 933. The molecule has 1 heterocycles. The summed E-state index contributed by atoms with van der Waals surface area (Å²) < 4.78 is 0. The number of carbonyl (C=O) groups is 1. The van der Waals surface area contributed by atoms with Crippen LogP contribution in [0.3, 0.4) is 0 Å². The van der Waals surface area contributed by atoms with Gasteiger partial charge in [-0.25, -0.2) is 4.98 Å². The Morgan fingerprint density at radius 3 is 2.34 bits per heavy atom. The van der Waals surface area contributed by atoms with Gasteiger partial charge in [0.05, 0.1) is 11.1 Å². The normalized spacial score (nSPS) is 14.0. The number of fused-ring (bicyclic) bond motifs is 1. The van der Waals surface area contributed by atoms with Gasteiger partial charge in [-0.1, -0.05) is 69.5 Å². The molecule has 152 valence electrons. The summed E-state index contributed by atoms with van der Waals surface area (Å²) in [6.07, 6.45) is 6.24. The SMILES string of the molecule is CC.CN(c1cc(C(=O)Nc2ccccc2)c2ccccc2n1)C1CCCCC1. The van der Waals surface area contributed by atoms with Crippen molar-refractivity contribution in [3.8, 4) is 0 Å². The number of benzene rings is 2. The summed E-state index contributed by atoms with van der Waals surface area (Å²) in [5.74, 6) is 0.775. The maximum absolute atomic E-state index is 13.0. The maximum atomic E-state index is 13.0. The van der Waals surface area contributed by atoms with E-state index in [0.717, 1.165) is 22.4 Å².